The van der Waals surface area contributed by atoms with Crippen molar-refractivity contribution in [1.29, 1.82) is 0 Å². The minimum Gasteiger partial charge on any atom is -0.494 e. The van der Waals surface area contributed by atoms with Gasteiger partial charge in [0.1, 0.15) is 17.2 Å². The molecule has 0 spiro atoms. The van der Waals surface area contributed by atoms with E-state index in [1.807, 2.05) is 66.9 Å². The van der Waals surface area contributed by atoms with Crippen molar-refractivity contribution < 1.29 is 14.3 Å². The quantitative estimate of drug-likeness (QED) is 0.130. The SMILES string of the molecule is CCCCOc1ccc(-c2nn(-c3ccccc3)cc2/C=c2\sc3nc(-c4ccccc4OC(C)=O)nn3c2=O)cc1. The number of unbranched alkanes of at least 4 members (excludes halogenated alkanes) is 1. The van der Waals surface area contributed by atoms with Crippen molar-refractivity contribution in [3.05, 3.63) is 106 Å². The summed E-state index contributed by atoms with van der Waals surface area (Å²) in [7, 11) is 0. The molecular formula is C32H27N5O4S. The van der Waals surface area contributed by atoms with Crippen molar-refractivity contribution in [2.45, 2.75) is 26.7 Å². The molecule has 0 atom stereocenters. The Labute approximate surface area is 245 Å². The first kappa shape index (κ1) is 27.1. The molecule has 0 bridgehead atoms. The Morgan fingerprint density at radius 2 is 1.74 bits per heavy atom. The van der Waals surface area contributed by atoms with Gasteiger partial charge in [-0.3, -0.25) is 9.59 Å². The highest BCUT2D eigenvalue weighted by molar-refractivity contribution is 7.15. The van der Waals surface area contributed by atoms with Gasteiger partial charge in [0.05, 0.1) is 22.4 Å². The van der Waals surface area contributed by atoms with Gasteiger partial charge in [0.2, 0.25) is 4.96 Å². The number of hydrogen-bond acceptors (Lipinski definition) is 8. The summed E-state index contributed by atoms with van der Waals surface area (Å²) < 4.78 is 14.7. The van der Waals surface area contributed by atoms with E-state index < -0.39 is 5.97 Å². The molecule has 0 amide bonds. The van der Waals surface area contributed by atoms with Crippen molar-refractivity contribution >= 4 is 28.3 Å². The summed E-state index contributed by atoms with van der Waals surface area (Å²) in [5.74, 6) is 0.997. The van der Waals surface area contributed by atoms with E-state index in [-0.39, 0.29) is 5.56 Å². The second-order valence-electron chi connectivity index (χ2n) is 9.57. The van der Waals surface area contributed by atoms with E-state index in [9.17, 15) is 9.59 Å². The van der Waals surface area contributed by atoms with Crippen molar-refractivity contribution in [1.82, 2.24) is 24.4 Å². The first-order valence-electron chi connectivity index (χ1n) is 13.6. The molecule has 210 valence electrons. The van der Waals surface area contributed by atoms with Crippen molar-refractivity contribution in [3.63, 3.8) is 0 Å². The summed E-state index contributed by atoms with van der Waals surface area (Å²) in [6.07, 6.45) is 5.80. The van der Waals surface area contributed by atoms with Crippen LogP contribution in [0, 0.1) is 0 Å². The summed E-state index contributed by atoms with van der Waals surface area (Å²) >= 11 is 1.23. The third-order valence-corrected chi connectivity index (χ3v) is 7.47. The van der Waals surface area contributed by atoms with E-state index in [0.29, 0.717) is 33.2 Å². The maximum absolute atomic E-state index is 13.4. The Hall–Kier alpha value is -5.09. The molecular weight excluding hydrogens is 550 g/mol. The highest BCUT2D eigenvalue weighted by Crippen LogP contribution is 2.29. The van der Waals surface area contributed by atoms with Crippen molar-refractivity contribution in [2.24, 2.45) is 0 Å². The molecule has 42 heavy (non-hydrogen) atoms. The number of ether oxygens (including phenoxy) is 2. The molecule has 10 heteroatoms. The summed E-state index contributed by atoms with van der Waals surface area (Å²) in [6.45, 7) is 4.14. The Morgan fingerprint density at radius 3 is 2.48 bits per heavy atom. The van der Waals surface area contributed by atoms with E-state index in [1.165, 1.54) is 22.8 Å². The monoisotopic (exact) mass is 577 g/mol. The lowest BCUT2D eigenvalue weighted by Crippen LogP contribution is -2.23. The average Bonchev–Trinajstić information content (AvgIpc) is 3.69. The molecule has 6 rings (SSSR count). The molecule has 0 aliphatic heterocycles. The van der Waals surface area contributed by atoms with Gasteiger partial charge in [-0.1, -0.05) is 55.0 Å². The van der Waals surface area contributed by atoms with Crippen LogP contribution in [-0.4, -0.2) is 37.0 Å². The molecule has 6 aromatic rings. The molecule has 0 unspecified atom stereocenters. The van der Waals surface area contributed by atoms with Crippen LogP contribution in [-0.2, 0) is 4.79 Å². The molecule has 3 aromatic heterocycles. The maximum Gasteiger partial charge on any atom is 0.308 e. The van der Waals surface area contributed by atoms with Gasteiger partial charge in [-0.25, -0.2) is 4.68 Å². The Morgan fingerprint density at radius 1 is 0.976 bits per heavy atom. The summed E-state index contributed by atoms with van der Waals surface area (Å²) in [5.41, 5.74) is 3.54. The van der Waals surface area contributed by atoms with E-state index in [2.05, 4.69) is 17.0 Å². The van der Waals surface area contributed by atoms with Crippen LogP contribution in [0.15, 0.2) is 89.9 Å². The molecule has 9 nitrogen and oxygen atoms in total. The van der Waals surface area contributed by atoms with Gasteiger partial charge in [-0.2, -0.15) is 14.6 Å². The molecule has 0 saturated carbocycles. The van der Waals surface area contributed by atoms with Gasteiger partial charge in [0.15, 0.2) is 5.82 Å². The van der Waals surface area contributed by atoms with Gasteiger partial charge >= 0.3 is 5.97 Å². The van der Waals surface area contributed by atoms with Crippen LogP contribution in [0.5, 0.6) is 11.5 Å². The molecule has 0 aliphatic carbocycles. The minimum atomic E-state index is -0.449. The molecule has 3 aromatic carbocycles. The Balaban J connectivity index is 1.40. The van der Waals surface area contributed by atoms with Gasteiger partial charge in [0.25, 0.3) is 5.56 Å². The van der Waals surface area contributed by atoms with Crippen molar-refractivity contribution in [2.75, 3.05) is 6.61 Å². The second kappa shape index (κ2) is 11.8. The zero-order valence-electron chi connectivity index (χ0n) is 23.1. The highest BCUT2D eigenvalue weighted by atomic mass is 32.1. The number of hydrogen-bond donors (Lipinski definition) is 0. The Kier molecular flexibility index (Phi) is 7.61. The first-order valence-corrected chi connectivity index (χ1v) is 14.4. The van der Waals surface area contributed by atoms with Gasteiger partial charge in [0, 0.05) is 24.2 Å². The number of benzene rings is 3. The number of fused-ring (bicyclic) bond motifs is 1. The number of nitrogens with zero attached hydrogens (tertiary/aromatic N) is 5. The van der Waals surface area contributed by atoms with E-state index >= 15 is 0 Å². The second-order valence-corrected chi connectivity index (χ2v) is 10.6. The fourth-order valence-corrected chi connectivity index (χ4v) is 5.36. The Bertz CT molecular complexity index is 1980. The fraction of sp³-hybridized carbons (Fsp3) is 0.156. The van der Waals surface area contributed by atoms with Crippen LogP contribution in [0.3, 0.4) is 0 Å². The number of thiazole rings is 1. The zero-order chi connectivity index (χ0) is 29.1. The lowest BCUT2D eigenvalue weighted by molar-refractivity contribution is -0.131. The number of esters is 1. The van der Waals surface area contributed by atoms with Crippen LogP contribution in [0.4, 0.5) is 0 Å². The number of rotatable bonds is 9. The topological polar surface area (TPSA) is 101 Å². The third kappa shape index (κ3) is 5.57. The van der Waals surface area contributed by atoms with Crippen LogP contribution < -0.4 is 19.6 Å². The largest absolute Gasteiger partial charge is 0.494 e. The predicted octanol–water partition coefficient (Wildman–Crippen LogP) is 5.32. The van der Waals surface area contributed by atoms with Gasteiger partial charge < -0.3 is 9.47 Å². The molecule has 3 heterocycles. The summed E-state index contributed by atoms with van der Waals surface area (Å²) in [4.78, 5) is 30.0. The lowest BCUT2D eigenvalue weighted by Gasteiger charge is -2.06. The maximum atomic E-state index is 13.4. The average molecular weight is 578 g/mol. The number of aromatic nitrogens is 5. The summed E-state index contributed by atoms with van der Waals surface area (Å²) in [6, 6.07) is 24.6. The lowest BCUT2D eigenvalue weighted by atomic mass is 10.1. The standard InChI is InChI=1S/C32H27N5O4S/c1-3-4-18-40-25-16-14-22(15-17-25)29-23(20-36(34-29)24-10-6-5-7-11-24)19-28-31(39)37-32(42-28)33-30(35-37)26-12-8-9-13-27(26)41-21(2)38/h5-17,19-20H,3-4,18H2,1-2H3/b28-19-. The molecule has 0 aliphatic rings. The van der Waals surface area contributed by atoms with E-state index in [0.717, 1.165) is 41.1 Å². The van der Waals surface area contributed by atoms with Crippen LogP contribution in [0.1, 0.15) is 32.3 Å². The van der Waals surface area contributed by atoms with E-state index in [1.54, 1.807) is 28.9 Å². The molecule has 0 radical (unpaired) electrons. The number of carbonyl (C=O) groups excluding carboxylic acids is 1. The zero-order valence-corrected chi connectivity index (χ0v) is 23.9. The minimum absolute atomic E-state index is 0.295. The van der Waals surface area contributed by atoms with Crippen molar-refractivity contribution in [3.8, 4) is 39.8 Å². The summed E-state index contributed by atoms with van der Waals surface area (Å²) in [5, 5.41) is 9.32. The highest BCUT2D eigenvalue weighted by Gasteiger charge is 2.17. The third-order valence-electron chi connectivity index (χ3n) is 6.51. The van der Waals surface area contributed by atoms with Crippen LogP contribution in [0.25, 0.3) is 39.4 Å². The molecule has 0 saturated heterocycles. The molecule has 0 N–H and O–H groups in total. The molecule has 0 fully saturated rings. The fourth-order valence-electron chi connectivity index (χ4n) is 4.46. The predicted molar refractivity (Wildman–Crippen MR) is 162 cm³/mol. The van der Waals surface area contributed by atoms with Crippen LogP contribution >= 0.6 is 11.3 Å². The number of carbonyl (C=O) groups is 1. The first-order chi connectivity index (χ1) is 20.5. The van der Waals surface area contributed by atoms with Gasteiger partial charge in [-0.15, -0.1) is 5.10 Å². The normalized spacial score (nSPS) is 11.7. The number of para-hydroxylation sites is 2. The van der Waals surface area contributed by atoms with Crippen LogP contribution in [0.2, 0.25) is 0 Å². The van der Waals surface area contributed by atoms with E-state index in [4.69, 9.17) is 14.6 Å². The van der Waals surface area contributed by atoms with Gasteiger partial charge in [-0.05, 0) is 61.0 Å². The smallest absolute Gasteiger partial charge is 0.308 e.